The molecule has 2 aromatic rings. The van der Waals surface area contributed by atoms with Gasteiger partial charge < -0.3 is 14.8 Å². The Kier molecular flexibility index (Phi) is 6.32. The van der Waals surface area contributed by atoms with Gasteiger partial charge in [0.1, 0.15) is 5.75 Å². The van der Waals surface area contributed by atoms with Crippen LogP contribution in [0.5, 0.6) is 5.75 Å². The molecule has 0 radical (unpaired) electrons. The molecule has 2 rings (SSSR count). The minimum atomic E-state index is -4.59. The van der Waals surface area contributed by atoms with Gasteiger partial charge in [-0.1, -0.05) is 17.7 Å². The molecule has 144 valence electrons. The zero-order valence-corrected chi connectivity index (χ0v) is 15.0. The molecule has 1 N–H and O–H groups in total. The maximum Gasteiger partial charge on any atom is 0.416 e. The third-order valence-corrected chi connectivity index (χ3v) is 3.73. The molecule has 0 saturated heterocycles. The Balaban J connectivity index is 2.08. The van der Waals surface area contributed by atoms with E-state index in [9.17, 15) is 22.8 Å². The average Bonchev–Trinajstić information content (AvgIpc) is 2.61. The van der Waals surface area contributed by atoms with Crippen LogP contribution in [0, 0.1) is 0 Å². The maximum atomic E-state index is 12.7. The largest absolute Gasteiger partial charge is 0.495 e. The minimum absolute atomic E-state index is 0.261. The van der Waals surface area contributed by atoms with Crippen molar-refractivity contribution in [2.24, 2.45) is 0 Å². The fourth-order valence-electron chi connectivity index (χ4n) is 2.12. The molecule has 0 aliphatic heterocycles. The van der Waals surface area contributed by atoms with Gasteiger partial charge in [-0.25, -0.2) is 4.79 Å². The Morgan fingerprint density at radius 3 is 2.48 bits per heavy atom. The van der Waals surface area contributed by atoms with Gasteiger partial charge in [-0.2, -0.15) is 13.2 Å². The molecule has 0 unspecified atom stereocenters. The van der Waals surface area contributed by atoms with Crippen molar-refractivity contribution in [3.8, 4) is 5.75 Å². The molecule has 9 heteroatoms. The summed E-state index contributed by atoms with van der Waals surface area (Å²) in [5.41, 5.74) is -1.04. The molecule has 0 fully saturated rings. The van der Waals surface area contributed by atoms with Crippen LogP contribution in [0.2, 0.25) is 5.02 Å². The quantitative estimate of drug-likeness (QED) is 0.746. The van der Waals surface area contributed by atoms with Gasteiger partial charge in [0.05, 0.1) is 23.9 Å². The summed E-state index contributed by atoms with van der Waals surface area (Å²) < 4.78 is 48.2. The van der Waals surface area contributed by atoms with E-state index in [0.29, 0.717) is 16.8 Å². The van der Waals surface area contributed by atoms with Crippen LogP contribution >= 0.6 is 11.6 Å². The smallest absolute Gasteiger partial charge is 0.416 e. The predicted molar refractivity (Wildman–Crippen MR) is 93.0 cm³/mol. The highest BCUT2D eigenvalue weighted by molar-refractivity contribution is 6.31. The van der Waals surface area contributed by atoms with Gasteiger partial charge in [-0.3, -0.25) is 4.79 Å². The first kappa shape index (κ1) is 20.6. The van der Waals surface area contributed by atoms with Crippen LogP contribution in [-0.4, -0.2) is 25.1 Å². The number of anilines is 1. The van der Waals surface area contributed by atoms with E-state index in [2.05, 4.69) is 5.32 Å². The number of esters is 1. The van der Waals surface area contributed by atoms with Crippen molar-refractivity contribution >= 4 is 29.2 Å². The van der Waals surface area contributed by atoms with Crippen LogP contribution in [-0.2, 0) is 15.7 Å². The van der Waals surface area contributed by atoms with E-state index in [0.717, 1.165) is 12.1 Å². The third-order valence-electron chi connectivity index (χ3n) is 3.50. The van der Waals surface area contributed by atoms with E-state index in [1.807, 2.05) is 0 Å². The monoisotopic (exact) mass is 401 g/mol. The summed E-state index contributed by atoms with van der Waals surface area (Å²) in [5, 5.41) is 2.84. The first-order valence-electron chi connectivity index (χ1n) is 7.64. The fraction of sp³-hybridized carbons (Fsp3) is 0.222. The molecular formula is C18H15ClF3NO4. The summed E-state index contributed by atoms with van der Waals surface area (Å²) in [6, 6.07) is 8.29. The van der Waals surface area contributed by atoms with Crippen LogP contribution in [0.15, 0.2) is 42.5 Å². The van der Waals surface area contributed by atoms with Crippen LogP contribution in [0.25, 0.3) is 0 Å². The van der Waals surface area contributed by atoms with Gasteiger partial charge in [0, 0.05) is 5.02 Å². The van der Waals surface area contributed by atoms with Crippen LogP contribution in [0.4, 0.5) is 18.9 Å². The molecule has 0 heterocycles. The number of rotatable bonds is 5. The zero-order chi connectivity index (χ0) is 20.2. The van der Waals surface area contributed by atoms with E-state index >= 15 is 0 Å². The average molecular weight is 402 g/mol. The number of methoxy groups -OCH3 is 1. The van der Waals surface area contributed by atoms with Gasteiger partial charge in [-0.05, 0) is 43.3 Å². The van der Waals surface area contributed by atoms with E-state index in [1.54, 1.807) is 6.07 Å². The predicted octanol–water partition coefficient (Wildman–Crippen LogP) is 4.55. The third kappa shape index (κ3) is 5.37. The van der Waals surface area contributed by atoms with Crippen molar-refractivity contribution in [1.82, 2.24) is 0 Å². The lowest BCUT2D eigenvalue weighted by atomic mass is 10.1. The molecule has 0 aromatic heterocycles. The number of carbonyl (C=O) groups excluding carboxylic acids is 2. The SMILES string of the molecule is COc1ccc(Cl)cc1NC(=O)[C@@H](C)OC(=O)c1cccc(C(F)(F)F)c1. The summed E-state index contributed by atoms with van der Waals surface area (Å²) in [4.78, 5) is 24.3. The highest BCUT2D eigenvalue weighted by Gasteiger charge is 2.31. The molecular weight excluding hydrogens is 387 g/mol. The Hall–Kier alpha value is -2.74. The lowest BCUT2D eigenvalue weighted by Gasteiger charge is -2.16. The molecule has 1 amide bonds. The molecule has 5 nitrogen and oxygen atoms in total. The van der Waals surface area contributed by atoms with E-state index in [1.165, 1.54) is 32.2 Å². The van der Waals surface area contributed by atoms with Gasteiger partial charge in [-0.15, -0.1) is 0 Å². The van der Waals surface area contributed by atoms with E-state index < -0.39 is 29.7 Å². The van der Waals surface area contributed by atoms with Crippen molar-refractivity contribution in [3.05, 3.63) is 58.6 Å². The topological polar surface area (TPSA) is 64.6 Å². The first-order chi connectivity index (χ1) is 12.6. The molecule has 1 atom stereocenters. The Bertz CT molecular complexity index is 855. The van der Waals surface area contributed by atoms with Crippen molar-refractivity contribution < 1.29 is 32.2 Å². The molecule has 0 bridgehead atoms. The van der Waals surface area contributed by atoms with E-state index in [4.69, 9.17) is 21.1 Å². The molecule has 0 aliphatic carbocycles. The van der Waals surface area contributed by atoms with Crippen molar-refractivity contribution in [3.63, 3.8) is 0 Å². The number of ether oxygens (including phenoxy) is 2. The lowest BCUT2D eigenvalue weighted by Crippen LogP contribution is -2.30. The molecule has 27 heavy (non-hydrogen) atoms. The van der Waals surface area contributed by atoms with Crippen molar-refractivity contribution in [1.29, 1.82) is 0 Å². The number of hydrogen-bond acceptors (Lipinski definition) is 4. The molecule has 2 aromatic carbocycles. The molecule has 0 aliphatic rings. The fourth-order valence-corrected chi connectivity index (χ4v) is 2.29. The summed E-state index contributed by atoms with van der Waals surface area (Å²) >= 11 is 5.87. The zero-order valence-electron chi connectivity index (χ0n) is 14.3. The number of alkyl halides is 3. The molecule has 0 saturated carbocycles. The number of carbonyl (C=O) groups is 2. The van der Waals surface area contributed by atoms with Crippen LogP contribution in [0.3, 0.4) is 0 Å². The second-order valence-corrected chi connectivity index (χ2v) is 5.90. The van der Waals surface area contributed by atoms with Gasteiger partial charge in [0.2, 0.25) is 0 Å². The standard InChI is InChI=1S/C18H15ClF3NO4/c1-10(16(24)23-14-9-13(19)6-7-15(14)26-2)27-17(25)11-4-3-5-12(8-11)18(20,21)22/h3-10H,1-2H3,(H,23,24)/t10-/m1/s1. The van der Waals surface area contributed by atoms with Gasteiger partial charge >= 0.3 is 12.1 Å². The summed E-state index contributed by atoms with van der Waals surface area (Å²) in [6.45, 7) is 1.29. The second-order valence-electron chi connectivity index (χ2n) is 5.46. The Morgan fingerprint density at radius 1 is 1.15 bits per heavy atom. The highest BCUT2D eigenvalue weighted by Crippen LogP contribution is 2.30. The van der Waals surface area contributed by atoms with Crippen LogP contribution in [0.1, 0.15) is 22.8 Å². The van der Waals surface area contributed by atoms with Gasteiger partial charge in [0.15, 0.2) is 6.10 Å². The number of hydrogen-bond donors (Lipinski definition) is 1. The first-order valence-corrected chi connectivity index (χ1v) is 8.02. The Labute approximate surface area is 158 Å². The highest BCUT2D eigenvalue weighted by atomic mass is 35.5. The summed E-state index contributed by atoms with van der Waals surface area (Å²) in [6.07, 6.45) is -5.86. The second kappa shape index (κ2) is 8.30. The summed E-state index contributed by atoms with van der Waals surface area (Å²) in [5.74, 6) is -1.41. The number of benzene rings is 2. The van der Waals surface area contributed by atoms with E-state index in [-0.39, 0.29) is 11.3 Å². The number of nitrogens with one attached hydrogen (secondary N) is 1. The van der Waals surface area contributed by atoms with Gasteiger partial charge in [0.25, 0.3) is 5.91 Å². The Morgan fingerprint density at radius 2 is 1.85 bits per heavy atom. The normalized spacial score (nSPS) is 12.2. The summed E-state index contributed by atoms with van der Waals surface area (Å²) in [7, 11) is 1.40. The van der Waals surface area contributed by atoms with Crippen molar-refractivity contribution in [2.75, 3.05) is 12.4 Å². The van der Waals surface area contributed by atoms with Crippen molar-refractivity contribution in [2.45, 2.75) is 19.2 Å². The molecule has 0 spiro atoms. The number of amides is 1. The minimum Gasteiger partial charge on any atom is -0.495 e. The lowest BCUT2D eigenvalue weighted by molar-refractivity contribution is -0.137. The number of halogens is 4. The van der Waals surface area contributed by atoms with Crippen LogP contribution < -0.4 is 10.1 Å². The maximum absolute atomic E-state index is 12.7.